The minimum absolute atomic E-state index is 0. The fourth-order valence-electron chi connectivity index (χ4n) is 1.01. The third-order valence-electron chi connectivity index (χ3n) is 1.54. The van der Waals surface area contributed by atoms with Gasteiger partial charge < -0.3 is 5.32 Å². The van der Waals surface area contributed by atoms with Crippen molar-refractivity contribution in [3.63, 3.8) is 0 Å². The van der Waals surface area contributed by atoms with Crippen LogP contribution >= 0.6 is 24.8 Å². The zero-order valence-electron chi connectivity index (χ0n) is 6.81. The average molecular weight is 217 g/mol. The number of rotatable bonds is 0. The van der Waals surface area contributed by atoms with Crippen LogP contribution in [0.2, 0.25) is 0 Å². The zero-order chi connectivity index (χ0) is 7.52. The van der Waals surface area contributed by atoms with E-state index in [1.807, 2.05) is 36.5 Å². The number of allylic oxidation sites excluding steroid dienone is 1. The summed E-state index contributed by atoms with van der Waals surface area (Å²) < 4.78 is 0. The smallest absolute Gasteiger partial charge is 0.0864 e. The van der Waals surface area contributed by atoms with Crippen LogP contribution in [0.15, 0.2) is 41.5 Å². The highest BCUT2D eigenvalue weighted by Gasteiger charge is 1.96. The highest BCUT2D eigenvalue weighted by Crippen LogP contribution is 2.24. The molecule has 0 aromatic heterocycles. The standard InChI is InChI=1S/C9H8N2.2ClH/c1-2-5-9-8(4-1)10-6-3-7-11-9;;/h1-7,10H;2*1H. The molecule has 1 aliphatic rings. The first-order chi connectivity index (χ1) is 5.47. The summed E-state index contributed by atoms with van der Waals surface area (Å²) in [6.45, 7) is 0. The van der Waals surface area contributed by atoms with Gasteiger partial charge in [-0.1, -0.05) is 12.1 Å². The lowest BCUT2D eigenvalue weighted by Crippen LogP contribution is -1.84. The summed E-state index contributed by atoms with van der Waals surface area (Å²) >= 11 is 0. The van der Waals surface area contributed by atoms with E-state index in [0.717, 1.165) is 11.4 Å². The molecule has 1 aliphatic heterocycles. The Labute approximate surface area is 89.6 Å². The van der Waals surface area contributed by atoms with E-state index in [1.165, 1.54) is 0 Å². The van der Waals surface area contributed by atoms with Crippen molar-refractivity contribution in [2.24, 2.45) is 4.99 Å². The lowest BCUT2D eigenvalue weighted by molar-refractivity contribution is 1.52. The molecule has 4 heteroatoms. The summed E-state index contributed by atoms with van der Waals surface area (Å²) in [5, 5.41) is 3.12. The molecule has 0 fully saturated rings. The lowest BCUT2D eigenvalue weighted by Gasteiger charge is -2.00. The number of nitrogens with one attached hydrogen (secondary N) is 1. The van der Waals surface area contributed by atoms with Gasteiger partial charge in [-0.15, -0.1) is 24.8 Å². The van der Waals surface area contributed by atoms with Gasteiger partial charge >= 0.3 is 0 Å². The van der Waals surface area contributed by atoms with Crippen molar-refractivity contribution in [1.82, 2.24) is 0 Å². The molecule has 0 atom stereocenters. The SMILES string of the molecule is C1=CNc2ccccc2N=C1.Cl.Cl. The number of hydrogen-bond acceptors (Lipinski definition) is 2. The molecule has 0 unspecified atom stereocenters. The van der Waals surface area contributed by atoms with Crippen LogP contribution in [-0.2, 0) is 0 Å². The molecular formula is C9H10Cl2N2. The van der Waals surface area contributed by atoms with Crippen LogP contribution < -0.4 is 5.32 Å². The van der Waals surface area contributed by atoms with E-state index >= 15 is 0 Å². The maximum absolute atomic E-state index is 4.21. The average Bonchev–Trinajstić information content (AvgIpc) is 2.28. The Morgan fingerprint density at radius 1 is 1.08 bits per heavy atom. The van der Waals surface area contributed by atoms with Gasteiger partial charge in [0.25, 0.3) is 0 Å². The summed E-state index contributed by atoms with van der Waals surface area (Å²) in [4.78, 5) is 4.21. The summed E-state index contributed by atoms with van der Waals surface area (Å²) in [6.07, 6.45) is 5.52. The van der Waals surface area contributed by atoms with Crippen molar-refractivity contribution in [2.45, 2.75) is 0 Å². The number of halogens is 2. The van der Waals surface area contributed by atoms with Crippen molar-refractivity contribution < 1.29 is 0 Å². The van der Waals surface area contributed by atoms with Gasteiger partial charge in [-0.05, 0) is 18.2 Å². The molecule has 0 radical (unpaired) electrons. The summed E-state index contributed by atoms with van der Waals surface area (Å²) in [5.41, 5.74) is 2.04. The van der Waals surface area contributed by atoms with Crippen molar-refractivity contribution >= 4 is 42.4 Å². The van der Waals surface area contributed by atoms with Gasteiger partial charge in [0.15, 0.2) is 0 Å². The van der Waals surface area contributed by atoms with Crippen LogP contribution in [0.3, 0.4) is 0 Å². The minimum Gasteiger partial charge on any atom is -0.360 e. The van der Waals surface area contributed by atoms with Crippen LogP contribution in [-0.4, -0.2) is 6.21 Å². The van der Waals surface area contributed by atoms with Crippen LogP contribution in [0.5, 0.6) is 0 Å². The van der Waals surface area contributed by atoms with Crippen LogP contribution in [0.1, 0.15) is 0 Å². The fourth-order valence-corrected chi connectivity index (χ4v) is 1.01. The third-order valence-corrected chi connectivity index (χ3v) is 1.54. The van der Waals surface area contributed by atoms with Gasteiger partial charge in [0.2, 0.25) is 0 Å². The van der Waals surface area contributed by atoms with Gasteiger partial charge in [0.1, 0.15) is 0 Å². The van der Waals surface area contributed by atoms with Crippen molar-refractivity contribution in [1.29, 1.82) is 0 Å². The van der Waals surface area contributed by atoms with E-state index in [0.29, 0.717) is 0 Å². The molecular weight excluding hydrogens is 207 g/mol. The van der Waals surface area contributed by atoms with E-state index < -0.39 is 0 Å². The highest BCUT2D eigenvalue weighted by molar-refractivity contribution is 5.85. The first-order valence-electron chi connectivity index (χ1n) is 3.51. The topological polar surface area (TPSA) is 24.4 Å². The van der Waals surface area contributed by atoms with Crippen LogP contribution in [0, 0.1) is 0 Å². The first-order valence-corrected chi connectivity index (χ1v) is 3.51. The quantitative estimate of drug-likeness (QED) is 0.709. The Morgan fingerprint density at radius 3 is 2.69 bits per heavy atom. The molecule has 1 N–H and O–H groups in total. The molecule has 2 nitrogen and oxygen atoms in total. The van der Waals surface area contributed by atoms with E-state index in [-0.39, 0.29) is 24.8 Å². The largest absolute Gasteiger partial charge is 0.360 e. The Balaban J connectivity index is 0.000000720. The molecule has 70 valence electrons. The zero-order valence-corrected chi connectivity index (χ0v) is 8.44. The third kappa shape index (κ3) is 2.76. The maximum Gasteiger partial charge on any atom is 0.0864 e. The molecule has 1 heterocycles. The predicted octanol–water partition coefficient (Wildman–Crippen LogP) is 3.17. The van der Waals surface area contributed by atoms with Gasteiger partial charge in [0.05, 0.1) is 11.4 Å². The molecule has 0 saturated heterocycles. The Bertz CT molecular complexity index is 321. The van der Waals surface area contributed by atoms with Gasteiger partial charge in [-0.2, -0.15) is 0 Å². The van der Waals surface area contributed by atoms with E-state index in [1.54, 1.807) is 6.21 Å². The van der Waals surface area contributed by atoms with Crippen LogP contribution in [0.4, 0.5) is 11.4 Å². The molecule has 0 amide bonds. The normalized spacial score (nSPS) is 11.4. The number of benzene rings is 1. The van der Waals surface area contributed by atoms with Gasteiger partial charge in [-0.3, -0.25) is 4.99 Å². The first kappa shape index (κ1) is 12.0. The number of para-hydroxylation sites is 2. The number of nitrogens with zero attached hydrogens (tertiary/aromatic N) is 1. The van der Waals surface area contributed by atoms with E-state index in [4.69, 9.17) is 0 Å². The fraction of sp³-hybridized carbons (Fsp3) is 0. The summed E-state index contributed by atoms with van der Waals surface area (Å²) in [7, 11) is 0. The van der Waals surface area contributed by atoms with Crippen LogP contribution in [0.25, 0.3) is 0 Å². The monoisotopic (exact) mass is 216 g/mol. The number of anilines is 1. The van der Waals surface area contributed by atoms with E-state index in [2.05, 4.69) is 10.3 Å². The van der Waals surface area contributed by atoms with Crippen molar-refractivity contribution in [3.8, 4) is 0 Å². The van der Waals surface area contributed by atoms with E-state index in [9.17, 15) is 0 Å². The second-order valence-electron chi connectivity index (χ2n) is 2.30. The minimum atomic E-state index is 0. The summed E-state index contributed by atoms with van der Waals surface area (Å²) in [6, 6.07) is 7.94. The summed E-state index contributed by atoms with van der Waals surface area (Å²) in [5.74, 6) is 0. The van der Waals surface area contributed by atoms with Gasteiger partial charge in [0, 0.05) is 12.4 Å². The molecule has 1 aromatic carbocycles. The van der Waals surface area contributed by atoms with Crippen molar-refractivity contribution in [3.05, 3.63) is 36.5 Å². The number of hydrogen-bond donors (Lipinski definition) is 1. The van der Waals surface area contributed by atoms with Gasteiger partial charge in [-0.25, -0.2) is 0 Å². The lowest BCUT2D eigenvalue weighted by atomic mass is 10.3. The molecule has 0 aliphatic carbocycles. The maximum atomic E-state index is 4.21. The molecule has 0 spiro atoms. The molecule has 2 rings (SSSR count). The molecule has 1 aromatic rings. The van der Waals surface area contributed by atoms with Crippen molar-refractivity contribution in [2.75, 3.05) is 5.32 Å². The Kier molecular flexibility index (Phi) is 5.19. The molecule has 0 saturated carbocycles. The Hall–Kier alpha value is -0.990. The number of aliphatic imine (C=N–C) groups is 1. The molecule has 0 bridgehead atoms. The second-order valence-corrected chi connectivity index (χ2v) is 2.30. The highest BCUT2D eigenvalue weighted by atomic mass is 35.5. The second kappa shape index (κ2) is 5.62. The number of fused-ring (bicyclic) bond motifs is 1. The predicted molar refractivity (Wildman–Crippen MR) is 61.9 cm³/mol. The Morgan fingerprint density at radius 2 is 1.85 bits per heavy atom. The molecule has 13 heavy (non-hydrogen) atoms.